The van der Waals surface area contributed by atoms with Crippen molar-refractivity contribution in [1.29, 1.82) is 0 Å². The van der Waals surface area contributed by atoms with Gasteiger partial charge in [0.2, 0.25) is 5.91 Å². The average Bonchev–Trinajstić information content (AvgIpc) is 2.74. The first-order chi connectivity index (χ1) is 13.7. The lowest BCUT2D eigenvalue weighted by Gasteiger charge is -2.15. The van der Waals surface area contributed by atoms with Gasteiger partial charge in [-0.05, 0) is 41.8 Å². The molecule has 0 saturated carbocycles. The molecule has 0 aliphatic carbocycles. The molecule has 3 aromatic rings. The number of benzene rings is 3. The van der Waals surface area contributed by atoms with Crippen LogP contribution >= 0.6 is 0 Å². The molecular formula is C24H24N2O2. The molecule has 0 unspecified atom stereocenters. The molecule has 4 nitrogen and oxygen atoms in total. The lowest BCUT2D eigenvalue weighted by molar-refractivity contribution is -0.122. The van der Waals surface area contributed by atoms with Gasteiger partial charge in [-0.25, -0.2) is 0 Å². The maximum absolute atomic E-state index is 12.6. The minimum absolute atomic E-state index is 0.00663. The Bertz CT molecular complexity index is 924. The molecule has 0 aliphatic heterocycles. The molecule has 2 N–H and O–H groups in total. The molecule has 3 aromatic carbocycles. The summed E-state index contributed by atoms with van der Waals surface area (Å²) in [5.41, 5.74) is 3.21. The van der Waals surface area contributed by atoms with Crippen molar-refractivity contribution in [2.45, 2.75) is 25.8 Å². The highest BCUT2D eigenvalue weighted by atomic mass is 16.2. The fraction of sp³-hybridized carbons (Fsp3) is 0.167. The molecular weight excluding hydrogens is 348 g/mol. The van der Waals surface area contributed by atoms with E-state index in [2.05, 4.69) is 10.6 Å². The van der Waals surface area contributed by atoms with Crippen LogP contribution in [0.3, 0.4) is 0 Å². The zero-order valence-electron chi connectivity index (χ0n) is 15.9. The van der Waals surface area contributed by atoms with Gasteiger partial charge in [0, 0.05) is 17.8 Å². The van der Waals surface area contributed by atoms with Crippen molar-refractivity contribution in [2.24, 2.45) is 0 Å². The van der Waals surface area contributed by atoms with E-state index in [9.17, 15) is 9.59 Å². The summed E-state index contributed by atoms with van der Waals surface area (Å²) in [6.07, 6.45) is 0.732. The summed E-state index contributed by atoms with van der Waals surface area (Å²) >= 11 is 0. The van der Waals surface area contributed by atoms with Gasteiger partial charge in [-0.2, -0.15) is 0 Å². The molecule has 3 rings (SSSR count). The van der Waals surface area contributed by atoms with E-state index in [1.807, 2.05) is 85.8 Å². The molecule has 0 heterocycles. The number of anilines is 1. The quantitative estimate of drug-likeness (QED) is 0.629. The predicted octanol–water partition coefficient (Wildman–Crippen LogP) is 4.75. The summed E-state index contributed by atoms with van der Waals surface area (Å²) in [6, 6.07) is 26.4. The second-order valence-corrected chi connectivity index (χ2v) is 6.61. The topological polar surface area (TPSA) is 58.2 Å². The van der Waals surface area contributed by atoms with Gasteiger partial charge in [-0.15, -0.1) is 0 Å². The first-order valence-electron chi connectivity index (χ1n) is 9.45. The monoisotopic (exact) mass is 372 g/mol. The van der Waals surface area contributed by atoms with Crippen molar-refractivity contribution < 1.29 is 9.59 Å². The zero-order chi connectivity index (χ0) is 19.8. The van der Waals surface area contributed by atoms with E-state index < -0.39 is 0 Å². The molecule has 0 fully saturated rings. The average molecular weight is 372 g/mol. The second-order valence-electron chi connectivity index (χ2n) is 6.61. The van der Waals surface area contributed by atoms with E-state index >= 15 is 0 Å². The highest BCUT2D eigenvalue weighted by Gasteiger charge is 2.18. The number of hydrogen-bond donors (Lipinski definition) is 2. The van der Waals surface area contributed by atoms with Crippen LogP contribution < -0.4 is 10.6 Å². The summed E-state index contributed by atoms with van der Waals surface area (Å²) in [4.78, 5) is 25.1. The van der Waals surface area contributed by atoms with Gasteiger partial charge in [-0.3, -0.25) is 9.59 Å². The summed E-state index contributed by atoms with van der Waals surface area (Å²) in [7, 11) is 0. The minimum atomic E-state index is -0.175. The third kappa shape index (κ3) is 5.07. The van der Waals surface area contributed by atoms with Crippen LogP contribution in [0, 0.1) is 0 Å². The summed E-state index contributed by atoms with van der Waals surface area (Å²) < 4.78 is 0. The van der Waals surface area contributed by atoms with Gasteiger partial charge >= 0.3 is 0 Å². The van der Waals surface area contributed by atoms with E-state index in [0.29, 0.717) is 12.1 Å². The lowest BCUT2D eigenvalue weighted by Crippen LogP contribution is -2.28. The predicted molar refractivity (Wildman–Crippen MR) is 112 cm³/mol. The molecule has 28 heavy (non-hydrogen) atoms. The number of carbonyl (C=O) groups excluding carboxylic acids is 2. The smallest absolute Gasteiger partial charge is 0.255 e. The standard InChI is InChI=1S/C24H24N2O2/c1-2-22(19-11-5-3-6-12-19)24(28)25-17-18-10-9-13-20(16-18)23(27)26-21-14-7-4-8-15-21/h3-16,22H,2,17H2,1H3,(H,25,28)(H,26,27)/t22-/m1/s1. The molecule has 0 aromatic heterocycles. The molecule has 2 amide bonds. The van der Waals surface area contributed by atoms with Crippen molar-refractivity contribution in [3.05, 3.63) is 102 Å². The van der Waals surface area contributed by atoms with Gasteiger partial charge in [0.1, 0.15) is 0 Å². The second kappa shape index (κ2) is 9.51. The normalized spacial score (nSPS) is 11.5. The largest absolute Gasteiger partial charge is 0.351 e. The van der Waals surface area contributed by atoms with Crippen LogP contribution in [0.25, 0.3) is 0 Å². The molecule has 142 valence electrons. The van der Waals surface area contributed by atoms with Crippen LogP contribution in [0.5, 0.6) is 0 Å². The van der Waals surface area contributed by atoms with Crippen molar-refractivity contribution in [3.8, 4) is 0 Å². The van der Waals surface area contributed by atoms with Gasteiger partial charge in [0.15, 0.2) is 0 Å². The van der Waals surface area contributed by atoms with Crippen LogP contribution in [-0.4, -0.2) is 11.8 Å². The maximum atomic E-state index is 12.6. The Morgan fingerprint density at radius 1 is 0.857 bits per heavy atom. The zero-order valence-corrected chi connectivity index (χ0v) is 15.9. The molecule has 0 bridgehead atoms. The van der Waals surface area contributed by atoms with Gasteiger partial charge < -0.3 is 10.6 Å². The third-order valence-corrected chi connectivity index (χ3v) is 4.61. The Kier molecular flexibility index (Phi) is 6.58. The molecule has 0 radical (unpaired) electrons. The first kappa shape index (κ1) is 19.4. The number of nitrogens with one attached hydrogen (secondary N) is 2. The summed E-state index contributed by atoms with van der Waals surface area (Å²) in [5, 5.41) is 5.87. The third-order valence-electron chi connectivity index (χ3n) is 4.61. The number of hydrogen-bond acceptors (Lipinski definition) is 2. The molecule has 0 spiro atoms. The van der Waals surface area contributed by atoms with Crippen LogP contribution in [0.1, 0.15) is 40.7 Å². The van der Waals surface area contributed by atoms with E-state index in [0.717, 1.165) is 23.2 Å². The van der Waals surface area contributed by atoms with Crippen LogP contribution in [0.15, 0.2) is 84.9 Å². The van der Waals surface area contributed by atoms with Crippen LogP contribution in [-0.2, 0) is 11.3 Å². The summed E-state index contributed by atoms with van der Waals surface area (Å²) in [6.45, 7) is 2.39. The Hall–Kier alpha value is -3.40. The Morgan fingerprint density at radius 3 is 2.21 bits per heavy atom. The van der Waals surface area contributed by atoms with E-state index in [1.54, 1.807) is 6.07 Å². The van der Waals surface area contributed by atoms with Crippen molar-refractivity contribution in [1.82, 2.24) is 5.32 Å². The minimum Gasteiger partial charge on any atom is -0.351 e. The van der Waals surface area contributed by atoms with E-state index in [-0.39, 0.29) is 17.7 Å². The van der Waals surface area contributed by atoms with Gasteiger partial charge in [0.05, 0.1) is 5.92 Å². The SMILES string of the molecule is CC[C@@H](C(=O)NCc1cccc(C(=O)Nc2ccccc2)c1)c1ccccc1. The van der Waals surface area contributed by atoms with Gasteiger partial charge in [0.25, 0.3) is 5.91 Å². The van der Waals surface area contributed by atoms with Crippen LogP contribution in [0.2, 0.25) is 0 Å². The summed E-state index contributed by atoms with van der Waals surface area (Å²) in [5.74, 6) is -0.353. The molecule has 0 saturated heterocycles. The molecule has 1 atom stereocenters. The Labute approximate surface area is 165 Å². The van der Waals surface area contributed by atoms with Gasteiger partial charge in [-0.1, -0.05) is 67.6 Å². The van der Waals surface area contributed by atoms with E-state index in [4.69, 9.17) is 0 Å². The first-order valence-corrected chi connectivity index (χ1v) is 9.45. The number of rotatable bonds is 7. The molecule has 0 aliphatic rings. The fourth-order valence-electron chi connectivity index (χ4n) is 3.12. The maximum Gasteiger partial charge on any atom is 0.255 e. The molecule has 4 heteroatoms. The van der Waals surface area contributed by atoms with Crippen molar-refractivity contribution >= 4 is 17.5 Å². The highest BCUT2D eigenvalue weighted by Crippen LogP contribution is 2.19. The Morgan fingerprint density at radius 2 is 1.54 bits per heavy atom. The number of carbonyl (C=O) groups is 2. The number of para-hydroxylation sites is 1. The van der Waals surface area contributed by atoms with E-state index in [1.165, 1.54) is 0 Å². The lowest BCUT2D eigenvalue weighted by atomic mass is 9.95. The van der Waals surface area contributed by atoms with Crippen LogP contribution in [0.4, 0.5) is 5.69 Å². The fourth-order valence-corrected chi connectivity index (χ4v) is 3.12. The van der Waals surface area contributed by atoms with Crippen molar-refractivity contribution in [3.63, 3.8) is 0 Å². The number of amides is 2. The van der Waals surface area contributed by atoms with Crippen molar-refractivity contribution in [2.75, 3.05) is 5.32 Å². The highest BCUT2D eigenvalue weighted by molar-refractivity contribution is 6.04. The Balaban J connectivity index is 1.62.